The van der Waals surface area contributed by atoms with Gasteiger partial charge in [-0.05, 0) is 18.9 Å². The van der Waals surface area contributed by atoms with Crippen molar-refractivity contribution in [2.24, 2.45) is 5.41 Å². The van der Waals surface area contributed by atoms with Gasteiger partial charge in [-0.3, -0.25) is 14.9 Å². The number of Topliss-reactive ketones (excluding diaryl/α,β-unsaturated/α-hetero) is 1. The Hall–Kier alpha value is -2.17. The maximum Gasteiger partial charge on any atom is 0.212 e. The predicted molar refractivity (Wildman–Crippen MR) is 72.1 cm³/mol. The molecule has 0 aromatic heterocycles. The Morgan fingerprint density at radius 1 is 1.45 bits per heavy atom. The van der Waals surface area contributed by atoms with Crippen LogP contribution in [-0.4, -0.2) is 17.3 Å². The molecule has 0 bridgehead atoms. The lowest BCUT2D eigenvalue weighted by atomic mass is 9.67. The van der Waals surface area contributed by atoms with E-state index in [9.17, 15) is 14.9 Å². The number of fused-ring (bicyclic) bond motifs is 1. The van der Waals surface area contributed by atoms with E-state index >= 15 is 0 Å². The average Bonchev–Trinajstić information content (AvgIpc) is 2.78. The fraction of sp³-hybridized carbons (Fsp3) is 0.400. The smallest absolute Gasteiger partial charge is 0.212 e. The first-order chi connectivity index (χ1) is 9.55. The number of hydrogen-bond donors (Lipinski definition) is 0. The van der Waals surface area contributed by atoms with Crippen LogP contribution in [0.15, 0.2) is 36.6 Å². The minimum absolute atomic E-state index is 0.0175. The monoisotopic (exact) mass is 273 g/mol. The lowest BCUT2D eigenvalue weighted by molar-refractivity contribution is -0.486. The van der Waals surface area contributed by atoms with Crippen molar-refractivity contribution >= 4 is 5.78 Å². The summed E-state index contributed by atoms with van der Waals surface area (Å²) in [6.07, 6.45) is 1.76. The molecule has 0 saturated heterocycles. The van der Waals surface area contributed by atoms with Gasteiger partial charge in [-0.2, -0.15) is 0 Å². The highest BCUT2D eigenvalue weighted by atomic mass is 16.6. The summed E-state index contributed by atoms with van der Waals surface area (Å²) >= 11 is 0. The van der Waals surface area contributed by atoms with Crippen molar-refractivity contribution in [1.29, 1.82) is 0 Å². The molecule has 0 N–H and O–H groups in total. The van der Waals surface area contributed by atoms with Crippen molar-refractivity contribution < 1.29 is 14.5 Å². The first-order valence-electron chi connectivity index (χ1n) is 6.67. The molecular weight excluding hydrogens is 258 g/mol. The third kappa shape index (κ3) is 1.66. The Labute approximate surface area is 116 Å². The van der Waals surface area contributed by atoms with Crippen LogP contribution in [0.4, 0.5) is 0 Å². The predicted octanol–water partition coefficient (Wildman–Crippen LogP) is 2.69. The van der Waals surface area contributed by atoms with Crippen molar-refractivity contribution in [3.63, 3.8) is 0 Å². The maximum absolute atomic E-state index is 12.4. The molecule has 1 fully saturated rings. The topological polar surface area (TPSA) is 69.4 Å². The number of nitro groups is 1. The van der Waals surface area contributed by atoms with E-state index in [0.29, 0.717) is 24.4 Å². The van der Waals surface area contributed by atoms with Crippen molar-refractivity contribution in [3.05, 3.63) is 52.3 Å². The second kappa shape index (κ2) is 4.44. The molecule has 1 saturated carbocycles. The van der Waals surface area contributed by atoms with Gasteiger partial charge in [-0.25, -0.2) is 0 Å². The van der Waals surface area contributed by atoms with Crippen LogP contribution >= 0.6 is 0 Å². The first kappa shape index (κ1) is 12.8. The highest BCUT2D eigenvalue weighted by Crippen LogP contribution is 2.56. The van der Waals surface area contributed by atoms with Crippen LogP contribution in [0, 0.1) is 15.5 Å². The molecule has 1 heterocycles. The first-order valence-corrected chi connectivity index (χ1v) is 6.67. The van der Waals surface area contributed by atoms with Crippen LogP contribution in [0.25, 0.3) is 0 Å². The minimum Gasteiger partial charge on any atom is -0.461 e. The van der Waals surface area contributed by atoms with Crippen LogP contribution < -0.4 is 4.74 Å². The molecular formula is C15H15NO4. The van der Waals surface area contributed by atoms with Crippen molar-refractivity contribution in [2.45, 2.75) is 25.2 Å². The third-order valence-corrected chi connectivity index (χ3v) is 4.42. The number of para-hydroxylation sites is 1. The molecule has 0 unspecified atom stereocenters. The molecule has 0 amide bonds. The van der Waals surface area contributed by atoms with Crippen LogP contribution in [0.3, 0.4) is 0 Å². The van der Waals surface area contributed by atoms with Gasteiger partial charge >= 0.3 is 0 Å². The number of carbonyl (C=O) groups is 1. The average molecular weight is 273 g/mol. The standard InChI is InChI=1S/C15H15NO4/c1-10-15(8-4-7-14(15)17)12(9-16(18)19)11-5-2-3-6-13(11)20-10/h2-3,5-6,12H,1,4,7-9H2/t12-,15-/m1/s1. The van der Waals surface area contributed by atoms with Crippen molar-refractivity contribution in [2.75, 3.05) is 6.54 Å². The normalized spacial score (nSPS) is 28.3. The summed E-state index contributed by atoms with van der Waals surface area (Å²) in [5, 5.41) is 11.1. The number of ether oxygens (including phenoxy) is 1. The van der Waals surface area contributed by atoms with E-state index in [1.165, 1.54) is 0 Å². The van der Waals surface area contributed by atoms with Crippen LogP contribution in [-0.2, 0) is 4.79 Å². The Bertz CT molecular complexity index is 610. The van der Waals surface area contributed by atoms with Gasteiger partial charge in [-0.15, -0.1) is 0 Å². The van der Waals surface area contributed by atoms with Crippen LogP contribution in [0.1, 0.15) is 30.7 Å². The number of rotatable bonds is 2. The van der Waals surface area contributed by atoms with E-state index in [1.54, 1.807) is 6.07 Å². The molecule has 5 heteroatoms. The van der Waals surface area contributed by atoms with Crippen molar-refractivity contribution in [3.8, 4) is 5.75 Å². The lowest BCUT2D eigenvalue weighted by Gasteiger charge is -2.40. The zero-order valence-corrected chi connectivity index (χ0v) is 11.0. The summed E-state index contributed by atoms with van der Waals surface area (Å²) in [7, 11) is 0. The molecule has 0 radical (unpaired) electrons. The van der Waals surface area contributed by atoms with Gasteiger partial charge in [-0.1, -0.05) is 24.8 Å². The second-order valence-corrected chi connectivity index (χ2v) is 5.38. The Balaban J connectivity index is 2.17. The Kier molecular flexibility index (Phi) is 2.85. The quantitative estimate of drug-likeness (QED) is 0.613. The number of benzene rings is 1. The van der Waals surface area contributed by atoms with Crippen molar-refractivity contribution in [1.82, 2.24) is 0 Å². The fourth-order valence-electron chi connectivity index (χ4n) is 3.50. The third-order valence-electron chi connectivity index (χ3n) is 4.42. The number of nitrogens with zero attached hydrogens (tertiary/aromatic N) is 1. The number of ketones is 1. The largest absolute Gasteiger partial charge is 0.461 e. The van der Waals surface area contributed by atoms with Gasteiger partial charge < -0.3 is 4.74 Å². The van der Waals surface area contributed by atoms with E-state index in [1.807, 2.05) is 18.2 Å². The molecule has 104 valence electrons. The molecule has 1 aromatic carbocycles. The Morgan fingerprint density at radius 2 is 2.20 bits per heavy atom. The van der Waals surface area contributed by atoms with Gasteiger partial charge in [0.1, 0.15) is 17.3 Å². The molecule has 3 rings (SSSR count). The van der Waals surface area contributed by atoms with Gasteiger partial charge in [0, 0.05) is 16.9 Å². The van der Waals surface area contributed by atoms with Crippen LogP contribution in [0.2, 0.25) is 0 Å². The van der Waals surface area contributed by atoms with E-state index in [2.05, 4.69) is 6.58 Å². The number of allylic oxidation sites excluding steroid dienone is 1. The highest BCUT2D eigenvalue weighted by molar-refractivity contribution is 5.91. The fourth-order valence-corrected chi connectivity index (χ4v) is 3.50. The maximum atomic E-state index is 12.4. The minimum atomic E-state index is -0.915. The summed E-state index contributed by atoms with van der Waals surface area (Å²) in [5.74, 6) is 0.481. The molecule has 20 heavy (non-hydrogen) atoms. The zero-order valence-electron chi connectivity index (χ0n) is 11.0. The van der Waals surface area contributed by atoms with Gasteiger partial charge in [0.2, 0.25) is 6.54 Å². The number of hydrogen-bond acceptors (Lipinski definition) is 4. The van der Waals surface area contributed by atoms with E-state index < -0.39 is 11.3 Å². The summed E-state index contributed by atoms with van der Waals surface area (Å²) in [4.78, 5) is 23.1. The van der Waals surface area contributed by atoms with Crippen LogP contribution in [0.5, 0.6) is 5.75 Å². The van der Waals surface area contributed by atoms with E-state index in [-0.39, 0.29) is 17.3 Å². The van der Waals surface area contributed by atoms with Gasteiger partial charge in [0.25, 0.3) is 0 Å². The molecule has 1 spiro atoms. The summed E-state index contributed by atoms with van der Waals surface area (Å²) in [5.41, 5.74) is -0.173. The molecule has 5 nitrogen and oxygen atoms in total. The Morgan fingerprint density at radius 3 is 2.85 bits per heavy atom. The SMILES string of the molecule is C=C1Oc2ccccc2[C@@H](C[N+](=O)[O-])[C@@]12CCCC2=O. The molecule has 2 atom stereocenters. The second-order valence-electron chi connectivity index (χ2n) is 5.38. The summed E-state index contributed by atoms with van der Waals surface area (Å²) < 4.78 is 5.71. The molecule has 1 aromatic rings. The summed E-state index contributed by atoms with van der Waals surface area (Å²) in [6, 6.07) is 7.20. The van der Waals surface area contributed by atoms with E-state index in [0.717, 1.165) is 12.0 Å². The number of carbonyl (C=O) groups excluding carboxylic acids is 1. The van der Waals surface area contributed by atoms with Gasteiger partial charge in [0.05, 0.1) is 11.3 Å². The lowest BCUT2D eigenvalue weighted by Crippen LogP contribution is -2.42. The van der Waals surface area contributed by atoms with E-state index in [4.69, 9.17) is 4.74 Å². The zero-order chi connectivity index (χ0) is 14.3. The van der Waals surface area contributed by atoms with Gasteiger partial charge in [0.15, 0.2) is 0 Å². The summed E-state index contributed by atoms with van der Waals surface area (Å²) in [6.45, 7) is 3.62. The molecule has 2 aliphatic rings. The molecule has 1 aliphatic carbocycles. The molecule has 1 aliphatic heterocycles. The highest BCUT2D eigenvalue weighted by Gasteiger charge is 2.56.